The van der Waals surface area contributed by atoms with E-state index in [1.54, 1.807) is 0 Å². The highest BCUT2D eigenvalue weighted by Crippen LogP contribution is 1.77. The van der Waals surface area contributed by atoms with Gasteiger partial charge < -0.3 is 5.32 Å². The molecule has 0 amide bonds. The molecule has 0 spiro atoms. The predicted molar refractivity (Wildman–Crippen MR) is 41.7 cm³/mol. The van der Waals surface area contributed by atoms with Crippen LogP contribution in [0.3, 0.4) is 0 Å². The van der Waals surface area contributed by atoms with Gasteiger partial charge in [-0.3, -0.25) is 0 Å². The van der Waals surface area contributed by atoms with E-state index in [1.165, 1.54) is 9.10 Å². The topological polar surface area (TPSA) is 12.0 Å². The van der Waals surface area contributed by atoms with Crippen LogP contribution in [0.25, 0.3) is 0 Å². The van der Waals surface area contributed by atoms with Gasteiger partial charge in [-0.2, -0.15) is 0 Å². The van der Waals surface area contributed by atoms with Crippen molar-refractivity contribution in [3.8, 4) is 0 Å². The van der Waals surface area contributed by atoms with Crippen LogP contribution in [0.15, 0.2) is 0 Å². The first-order valence-electron chi connectivity index (χ1n) is 3.41. The van der Waals surface area contributed by atoms with Crippen LogP contribution in [-0.4, -0.2) is 34.5 Å². The molecule has 0 heterocycles. The molecule has 0 atom stereocenters. The molecule has 0 aromatic heterocycles. The number of hydrogen-bond acceptors (Lipinski definition) is 1. The quantitative estimate of drug-likeness (QED) is 0.553. The van der Waals surface area contributed by atoms with E-state index in [2.05, 4.69) is 19.2 Å². The summed E-state index contributed by atoms with van der Waals surface area (Å²) in [5.74, 6) is 0. The third kappa shape index (κ3) is 29.7. The second kappa shape index (κ2) is 15.6. The smallest absolute Gasteiger partial charge is 0.323 e. The van der Waals surface area contributed by atoms with Crippen molar-refractivity contribution in [1.82, 2.24) is 5.32 Å². The van der Waals surface area contributed by atoms with Crippen LogP contribution in [0.1, 0.15) is 13.8 Å². The van der Waals surface area contributed by atoms with Gasteiger partial charge in [-0.25, -0.2) is 0 Å². The molecule has 0 aromatic rings. The molecule has 0 saturated carbocycles. The van der Waals surface area contributed by atoms with Crippen LogP contribution in [-0.2, 0) is 0 Å². The summed E-state index contributed by atoms with van der Waals surface area (Å²) < 4.78 is 2.97. The minimum atomic E-state index is 0.432. The number of hydrogen-bond donors (Lipinski definition) is 1. The minimum Gasteiger partial charge on any atom is -0.323 e. The fourth-order valence-electron chi connectivity index (χ4n) is 0.354. The third-order valence-corrected chi connectivity index (χ3v) is 2.12. The summed E-state index contributed by atoms with van der Waals surface area (Å²) >= 11 is 0.432. The van der Waals surface area contributed by atoms with Gasteiger partial charge in [0, 0.05) is 0 Å². The maximum Gasteiger partial charge on any atom is 0.363 e. The first kappa shape index (κ1) is 11.5. The van der Waals surface area contributed by atoms with Crippen molar-refractivity contribution >= 4 is 20.4 Å². The Hall–Kier alpha value is 0.726. The van der Waals surface area contributed by atoms with Crippen LogP contribution in [0, 0.1) is 0 Å². The molecule has 48 valence electrons. The van der Waals surface area contributed by atoms with Gasteiger partial charge in [0.15, 0.2) is 0 Å². The van der Waals surface area contributed by atoms with Gasteiger partial charge >= 0.3 is 20.4 Å². The highest BCUT2D eigenvalue weighted by molar-refractivity contribution is 6.34. The summed E-state index contributed by atoms with van der Waals surface area (Å²) in [4.78, 5) is 0. The van der Waals surface area contributed by atoms with E-state index in [9.17, 15) is 0 Å². The Labute approximate surface area is 63.0 Å². The van der Waals surface area contributed by atoms with Crippen LogP contribution in [0.2, 0.25) is 9.10 Å². The Bertz CT molecular complexity index is 22.5. The molecule has 0 aliphatic carbocycles. The minimum absolute atomic E-state index is 0.432. The average Bonchev–Trinajstić information content (AvgIpc) is 1.71. The van der Waals surface area contributed by atoms with E-state index in [4.69, 9.17) is 0 Å². The summed E-state index contributed by atoms with van der Waals surface area (Å²) in [6, 6.07) is 0. The standard InChI is InChI=1S/C2H7N.2C2H5.Mg/c1-3-2;2*1-2;/h3H,1-2H3;2*1H2,2H3;. The summed E-state index contributed by atoms with van der Waals surface area (Å²) in [6.07, 6.45) is 0. The van der Waals surface area contributed by atoms with Gasteiger partial charge in [-0.05, 0) is 14.1 Å². The maximum atomic E-state index is 2.75. The van der Waals surface area contributed by atoms with Crippen molar-refractivity contribution < 1.29 is 0 Å². The number of rotatable bonds is 2. The van der Waals surface area contributed by atoms with Crippen LogP contribution in [0.4, 0.5) is 0 Å². The molecule has 8 heavy (non-hydrogen) atoms. The zero-order valence-corrected chi connectivity index (χ0v) is 8.04. The summed E-state index contributed by atoms with van der Waals surface area (Å²) in [5, 5.41) is 2.75. The Kier molecular flexibility index (Phi) is 22.5. The second-order valence-electron chi connectivity index (χ2n) is 1.85. The fraction of sp³-hybridized carbons (Fsp3) is 1.00. The van der Waals surface area contributed by atoms with Crippen molar-refractivity contribution in [2.75, 3.05) is 14.1 Å². The highest BCUT2D eigenvalue weighted by Gasteiger charge is 1.79. The zero-order valence-electron chi connectivity index (χ0n) is 6.62. The molecule has 0 aromatic carbocycles. The van der Waals surface area contributed by atoms with Gasteiger partial charge in [0.25, 0.3) is 0 Å². The van der Waals surface area contributed by atoms with Gasteiger partial charge in [0.1, 0.15) is 0 Å². The maximum absolute atomic E-state index is 2.75. The first-order valence-corrected chi connectivity index (χ1v) is 5.41. The van der Waals surface area contributed by atoms with Crippen molar-refractivity contribution in [3.05, 3.63) is 0 Å². The lowest BCUT2D eigenvalue weighted by molar-refractivity contribution is 1.02. The average molecular weight is 128 g/mol. The molecule has 0 aliphatic heterocycles. The molecular weight excluding hydrogens is 110 g/mol. The molecule has 1 N–H and O–H groups in total. The Morgan fingerprint density at radius 3 is 1.38 bits per heavy atom. The summed E-state index contributed by atoms with van der Waals surface area (Å²) in [6.45, 7) is 4.55. The lowest BCUT2D eigenvalue weighted by Gasteiger charge is -1.72. The van der Waals surface area contributed by atoms with Crippen molar-refractivity contribution in [3.63, 3.8) is 0 Å². The number of nitrogens with one attached hydrogen (secondary N) is 1. The first-order chi connectivity index (χ1) is 3.83. The van der Waals surface area contributed by atoms with E-state index >= 15 is 0 Å². The molecule has 0 rings (SSSR count). The van der Waals surface area contributed by atoms with Crippen LogP contribution < -0.4 is 5.32 Å². The third-order valence-electron chi connectivity index (χ3n) is 0.707. The molecule has 2 heteroatoms. The molecule has 0 unspecified atom stereocenters. The van der Waals surface area contributed by atoms with E-state index in [0.717, 1.165) is 0 Å². The van der Waals surface area contributed by atoms with Gasteiger partial charge in [-0.15, -0.1) is 9.10 Å². The summed E-state index contributed by atoms with van der Waals surface area (Å²) in [7, 11) is 3.75. The molecule has 0 fully saturated rings. The van der Waals surface area contributed by atoms with Gasteiger partial charge in [-0.1, -0.05) is 13.8 Å². The van der Waals surface area contributed by atoms with E-state index in [1.807, 2.05) is 14.1 Å². The molecule has 0 radical (unpaired) electrons. The Balaban J connectivity index is 0. The lowest BCUT2D eigenvalue weighted by atomic mass is 10.9. The Morgan fingerprint density at radius 1 is 1.12 bits per heavy atom. The van der Waals surface area contributed by atoms with Gasteiger partial charge in [0.2, 0.25) is 0 Å². The molecule has 0 saturated heterocycles. The van der Waals surface area contributed by atoms with Crippen molar-refractivity contribution in [2.24, 2.45) is 0 Å². The summed E-state index contributed by atoms with van der Waals surface area (Å²) in [5.41, 5.74) is 0. The van der Waals surface area contributed by atoms with E-state index in [-0.39, 0.29) is 0 Å². The molecular formula is C6H17MgN. The molecule has 0 bridgehead atoms. The SMILES string of the molecule is CNC.C[CH2][Mg][CH2]C. The van der Waals surface area contributed by atoms with Gasteiger partial charge in [0.05, 0.1) is 0 Å². The van der Waals surface area contributed by atoms with Crippen molar-refractivity contribution in [2.45, 2.75) is 22.9 Å². The largest absolute Gasteiger partial charge is 0.363 e. The van der Waals surface area contributed by atoms with E-state index in [0.29, 0.717) is 20.4 Å². The fourth-order valence-corrected chi connectivity index (χ4v) is 1.06. The molecule has 0 aliphatic rings. The zero-order chi connectivity index (χ0) is 6.83. The lowest BCUT2D eigenvalue weighted by Crippen LogP contribution is -1.89. The monoisotopic (exact) mass is 127 g/mol. The predicted octanol–water partition coefficient (Wildman–Crippen LogP) is 1.40. The van der Waals surface area contributed by atoms with Crippen molar-refractivity contribution in [1.29, 1.82) is 0 Å². The second-order valence-corrected chi connectivity index (χ2v) is 4.56. The normalized spacial score (nSPS) is 6.50. The molecule has 1 nitrogen and oxygen atoms in total. The van der Waals surface area contributed by atoms with E-state index < -0.39 is 0 Å². The van der Waals surface area contributed by atoms with Crippen LogP contribution >= 0.6 is 0 Å². The highest BCUT2D eigenvalue weighted by atomic mass is 24.5. The van der Waals surface area contributed by atoms with Crippen LogP contribution in [0.5, 0.6) is 0 Å². The Morgan fingerprint density at radius 2 is 1.38 bits per heavy atom.